The largest absolute Gasteiger partial charge is 0.445 e. The number of carbonyl (C=O) groups is 3. The number of amides is 4. The third kappa shape index (κ3) is 3.63. The number of urea groups is 1. The van der Waals surface area contributed by atoms with Crippen molar-refractivity contribution in [3.63, 3.8) is 0 Å². The highest BCUT2D eigenvalue weighted by Crippen LogP contribution is 2.31. The Bertz CT molecular complexity index is 876. The van der Waals surface area contributed by atoms with Gasteiger partial charge in [-0.2, -0.15) is 9.48 Å². The molecule has 26 heavy (non-hydrogen) atoms. The van der Waals surface area contributed by atoms with E-state index >= 15 is 0 Å². The van der Waals surface area contributed by atoms with Crippen molar-refractivity contribution in [2.75, 3.05) is 25.2 Å². The highest BCUT2D eigenvalue weighted by atomic mass is 79.9. The predicted octanol–water partition coefficient (Wildman–Crippen LogP) is 2.34. The van der Waals surface area contributed by atoms with Crippen LogP contribution in [0.2, 0.25) is 0 Å². The van der Waals surface area contributed by atoms with Crippen molar-refractivity contribution in [2.45, 2.75) is 0 Å². The minimum atomic E-state index is -0.654. The summed E-state index contributed by atoms with van der Waals surface area (Å²) in [6.45, 7) is 0. The first-order valence-corrected chi connectivity index (χ1v) is 9.51. The summed E-state index contributed by atoms with van der Waals surface area (Å²) in [5.74, 6) is -0.640. The number of amidine groups is 1. The van der Waals surface area contributed by atoms with Crippen LogP contribution in [-0.4, -0.2) is 59.2 Å². The van der Waals surface area contributed by atoms with Crippen LogP contribution >= 0.6 is 27.7 Å². The molecule has 1 N–H and O–H groups in total. The smallest absolute Gasteiger partial charge is 0.325 e. The Labute approximate surface area is 163 Å². The van der Waals surface area contributed by atoms with Crippen LogP contribution in [0.1, 0.15) is 0 Å². The maximum absolute atomic E-state index is 12.5. The van der Waals surface area contributed by atoms with Gasteiger partial charge < -0.3 is 5.32 Å². The number of dihydropyridines is 1. The fraction of sp³-hybridized carbons (Fsp3) is 0.235. The number of halogens is 1. The molecule has 3 rings (SSSR count). The van der Waals surface area contributed by atoms with E-state index in [4.69, 9.17) is 0 Å². The molecule has 9 heteroatoms. The number of hydrogen-bond donors (Lipinski definition) is 1. The number of nitrogens with one attached hydrogen (secondary N) is 1. The average Bonchev–Trinajstić information content (AvgIpc) is 2.64. The van der Waals surface area contributed by atoms with Crippen LogP contribution in [0.4, 0.5) is 10.5 Å². The molecule has 2 aliphatic heterocycles. The van der Waals surface area contributed by atoms with Crippen LogP contribution in [-0.2, 0) is 9.59 Å². The van der Waals surface area contributed by atoms with Crippen molar-refractivity contribution >= 4 is 63.3 Å². The highest BCUT2D eigenvalue weighted by Gasteiger charge is 2.47. The zero-order valence-electron chi connectivity index (χ0n) is 14.1. The van der Waals surface area contributed by atoms with E-state index in [-0.39, 0.29) is 17.6 Å². The maximum Gasteiger partial charge on any atom is 0.445 e. The molecule has 0 fully saturated rings. The van der Waals surface area contributed by atoms with Gasteiger partial charge in [0.1, 0.15) is 6.21 Å². The summed E-state index contributed by atoms with van der Waals surface area (Å²) < 4.78 is 2.29. The molecule has 1 unspecified atom stereocenters. The van der Waals surface area contributed by atoms with Crippen LogP contribution in [0.25, 0.3) is 0 Å². The SMILES string of the molecule is CN1C(=O)C2C(SCC(=O)Nc3ccc(Br)cc3)=CC=NC2=[N+](C)C1=O. The van der Waals surface area contributed by atoms with Crippen molar-refractivity contribution in [3.05, 3.63) is 39.7 Å². The minimum Gasteiger partial charge on any atom is -0.325 e. The van der Waals surface area contributed by atoms with Gasteiger partial charge >= 0.3 is 11.9 Å². The quantitative estimate of drug-likeness (QED) is 0.735. The number of anilines is 1. The Morgan fingerprint density at radius 3 is 2.73 bits per heavy atom. The molecule has 4 amide bonds. The van der Waals surface area contributed by atoms with Gasteiger partial charge in [-0.25, -0.2) is 4.79 Å². The summed E-state index contributed by atoms with van der Waals surface area (Å²) in [4.78, 5) is 42.7. The minimum absolute atomic E-state index is 0.147. The lowest BCUT2D eigenvalue weighted by molar-refractivity contribution is -0.407. The van der Waals surface area contributed by atoms with Crippen LogP contribution < -0.4 is 5.32 Å². The zero-order chi connectivity index (χ0) is 18.8. The predicted molar refractivity (Wildman–Crippen MR) is 105 cm³/mol. The molecule has 7 nitrogen and oxygen atoms in total. The Morgan fingerprint density at radius 2 is 2.04 bits per heavy atom. The van der Waals surface area contributed by atoms with Crippen molar-refractivity contribution < 1.29 is 19.0 Å². The molecule has 0 spiro atoms. The van der Waals surface area contributed by atoms with Crippen LogP contribution in [0.5, 0.6) is 0 Å². The van der Waals surface area contributed by atoms with Gasteiger partial charge in [-0.15, -0.1) is 16.8 Å². The molecule has 0 radical (unpaired) electrons. The van der Waals surface area contributed by atoms with Crippen molar-refractivity contribution in [2.24, 2.45) is 10.9 Å². The summed E-state index contributed by atoms with van der Waals surface area (Å²) >= 11 is 4.61. The second-order valence-corrected chi connectivity index (χ2v) is 7.69. The molecule has 0 aliphatic carbocycles. The van der Waals surface area contributed by atoms with E-state index in [9.17, 15) is 14.4 Å². The van der Waals surface area contributed by atoms with E-state index in [1.165, 1.54) is 23.4 Å². The lowest BCUT2D eigenvalue weighted by Crippen LogP contribution is -2.52. The lowest BCUT2D eigenvalue weighted by atomic mass is 10.0. The Balaban J connectivity index is 1.70. The Hall–Kier alpha value is -2.26. The summed E-state index contributed by atoms with van der Waals surface area (Å²) in [6, 6.07) is 6.86. The molecular formula is C17H16BrN4O3S+. The van der Waals surface area contributed by atoms with Crippen molar-refractivity contribution in [1.82, 2.24) is 4.90 Å². The third-order valence-corrected chi connectivity index (χ3v) is 5.62. The van der Waals surface area contributed by atoms with Crippen LogP contribution in [0, 0.1) is 5.92 Å². The Morgan fingerprint density at radius 1 is 1.35 bits per heavy atom. The van der Waals surface area contributed by atoms with E-state index in [0.29, 0.717) is 16.4 Å². The van der Waals surface area contributed by atoms with Gasteiger partial charge in [-0.1, -0.05) is 15.9 Å². The normalized spacial score (nSPS) is 19.4. The van der Waals surface area contributed by atoms with Crippen LogP contribution in [0.3, 0.4) is 0 Å². The van der Waals surface area contributed by atoms with E-state index in [1.807, 2.05) is 12.1 Å². The second kappa shape index (κ2) is 7.55. The van der Waals surface area contributed by atoms with E-state index < -0.39 is 11.9 Å². The molecule has 0 saturated heterocycles. The van der Waals surface area contributed by atoms with Gasteiger partial charge in [0.25, 0.3) is 5.84 Å². The fourth-order valence-corrected chi connectivity index (χ4v) is 3.78. The van der Waals surface area contributed by atoms with E-state index in [2.05, 4.69) is 26.2 Å². The number of carbonyl (C=O) groups excluding carboxylic acids is 3. The number of benzene rings is 1. The lowest BCUT2D eigenvalue weighted by Gasteiger charge is -2.26. The summed E-state index contributed by atoms with van der Waals surface area (Å²) in [6.07, 6.45) is 3.25. The summed E-state index contributed by atoms with van der Waals surface area (Å²) in [7, 11) is 3.03. The molecule has 0 bridgehead atoms. The first-order chi connectivity index (χ1) is 12.4. The molecule has 2 heterocycles. The maximum atomic E-state index is 12.5. The van der Waals surface area contributed by atoms with Gasteiger partial charge in [0.15, 0.2) is 5.92 Å². The first kappa shape index (κ1) is 18.5. The van der Waals surface area contributed by atoms with Crippen molar-refractivity contribution in [1.29, 1.82) is 0 Å². The third-order valence-electron chi connectivity index (χ3n) is 3.98. The number of rotatable bonds is 4. The molecule has 2 aliphatic rings. The number of aliphatic imine (C=N–C) groups is 1. The number of fused-ring (bicyclic) bond motifs is 1. The number of allylic oxidation sites excluding steroid dienone is 1. The van der Waals surface area contributed by atoms with Gasteiger partial charge in [0.2, 0.25) is 5.91 Å². The molecule has 0 aromatic heterocycles. The van der Waals surface area contributed by atoms with Gasteiger partial charge in [-0.3, -0.25) is 9.59 Å². The number of hydrogen-bond acceptors (Lipinski definition) is 5. The first-order valence-electron chi connectivity index (χ1n) is 7.73. The molecule has 0 saturated carbocycles. The van der Waals surface area contributed by atoms with Gasteiger partial charge in [-0.05, 0) is 30.3 Å². The number of imide groups is 1. The molecule has 134 valence electrons. The van der Waals surface area contributed by atoms with E-state index in [0.717, 1.165) is 9.37 Å². The Kier molecular flexibility index (Phi) is 5.38. The van der Waals surface area contributed by atoms with Crippen LogP contribution in [0.15, 0.2) is 44.7 Å². The zero-order valence-corrected chi connectivity index (χ0v) is 16.5. The standard InChI is InChI=1S/C17H15BrN4O3S/c1-21-15-14(16(24)22(2)17(21)25)12(7-8-19-15)26-9-13(23)20-11-5-3-10(18)4-6-11/h3-8,14H,9H2,1-2H3/p+1. The highest BCUT2D eigenvalue weighted by molar-refractivity contribution is 9.10. The molecule has 1 atom stereocenters. The average molecular weight is 436 g/mol. The van der Waals surface area contributed by atoms with Gasteiger partial charge in [0, 0.05) is 15.1 Å². The second-order valence-electron chi connectivity index (χ2n) is 5.72. The molecule has 1 aromatic carbocycles. The fourth-order valence-electron chi connectivity index (χ4n) is 2.62. The van der Waals surface area contributed by atoms with Gasteiger partial charge in [0.05, 0.1) is 19.8 Å². The van der Waals surface area contributed by atoms with E-state index in [1.54, 1.807) is 31.5 Å². The number of nitrogens with zero attached hydrogens (tertiary/aromatic N) is 3. The molecule has 1 aromatic rings. The summed E-state index contributed by atoms with van der Waals surface area (Å²) in [5, 5.41) is 2.81. The molecular weight excluding hydrogens is 420 g/mol. The topological polar surface area (TPSA) is 81.8 Å². The number of thioether (sulfide) groups is 1. The van der Waals surface area contributed by atoms with Crippen molar-refractivity contribution in [3.8, 4) is 0 Å². The monoisotopic (exact) mass is 435 g/mol. The summed E-state index contributed by atoms with van der Waals surface area (Å²) in [5.41, 5.74) is 0.698.